The summed E-state index contributed by atoms with van der Waals surface area (Å²) in [5.74, 6) is 0. The van der Waals surface area contributed by atoms with Crippen molar-refractivity contribution in [1.29, 1.82) is 0 Å². The maximum Gasteiger partial charge on any atom is 6.00 e. The molecule has 0 spiro atoms. The minimum absolute atomic E-state index is 0. The van der Waals surface area contributed by atoms with E-state index in [1.54, 1.807) is 0 Å². The molecule has 0 aromatic heterocycles. The molecule has 0 atom stereocenters. The second-order valence-corrected chi connectivity index (χ2v) is 18.1. The van der Waals surface area contributed by atoms with Gasteiger partial charge in [0.25, 0.3) is 0 Å². The van der Waals surface area contributed by atoms with E-state index in [1.165, 1.54) is 0 Å². The van der Waals surface area contributed by atoms with Gasteiger partial charge in [0, 0.05) is 26.3 Å². The Morgan fingerprint density at radius 3 is 0.433 bits per heavy atom. The number of hydrogen-bond donors (Lipinski definition) is 0. The minimum Gasteiger partial charge on any atom is -0.509 e. The summed E-state index contributed by atoms with van der Waals surface area (Å²) < 4.78 is 30.9. The van der Waals surface area contributed by atoms with Crippen molar-refractivity contribution in [3.63, 3.8) is 0 Å². The molecule has 6 aromatic carbocycles. The molecule has 6 aromatic rings. The van der Waals surface area contributed by atoms with Crippen LogP contribution in [0.25, 0.3) is 0 Å². The number of thiocarbonyl (C=S) groups is 6. The molecular formula is C48H42MoO6S12. The SMILES string of the molecule is S=C([S-])OCc1ccccc1.S=C([S-])OCc1ccccc1.S=C([S-])OCc1ccccc1.S=C([S-])OCc1ccccc1.S=C([S-])OCc1ccccc1.S=C([S-])OCc1ccccc1.[Mo+6]. The predicted octanol–water partition coefficient (Wildman–Crippen LogP) is 12.2. The summed E-state index contributed by atoms with van der Waals surface area (Å²) in [5.41, 5.74) is 6.50. The van der Waals surface area contributed by atoms with E-state index in [2.05, 4.69) is 149 Å². The largest absolute Gasteiger partial charge is 6.00 e. The van der Waals surface area contributed by atoms with Gasteiger partial charge in [0.05, 0.1) is 0 Å². The molecule has 0 aliphatic rings. The second kappa shape index (κ2) is 42.7. The van der Waals surface area contributed by atoms with E-state index in [0.29, 0.717) is 39.6 Å². The van der Waals surface area contributed by atoms with Crippen molar-refractivity contribution in [2.75, 3.05) is 0 Å². The van der Waals surface area contributed by atoms with Crippen LogP contribution in [-0.2, 0) is 165 Å². The van der Waals surface area contributed by atoms with Crippen molar-refractivity contribution in [3.05, 3.63) is 215 Å². The first kappa shape index (κ1) is 63.7. The number of hydrogen-bond acceptors (Lipinski definition) is 18. The molecule has 348 valence electrons. The fourth-order valence-electron chi connectivity index (χ4n) is 4.30. The Kier molecular flexibility index (Phi) is 40.6. The van der Waals surface area contributed by atoms with E-state index < -0.39 is 0 Å². The molecule has 0 radical (unpaired) electrons. The van der Waals surface area contributed by atoms with Gasteiger partial charge in [-0.2, -0.15) is 0 Å². The van der Waals surface area contributed by atoms with Crippen molar-refractivity contribution in [3.8, 4) is 0 Å². The first-order valence-electron chi connectivity index (χ1n) is 19.0. The molecule has 0 unspecified atom stereocenters. The van der Waals surface area contributed by atoms with E-state index in [9.17, 15) is 0 Å². The van der Waals surface area contributed by atoms with Gasteiger partial charge in [0.2, 0.25) is 0 Å². The normalized spacial score (nSPS) is 8.96. The van der Waals surface area contributed by atoms with Gasteiger partial charge >= 0.3 is 21.1 Å². The average Bonchev–Trinajstić information content (AvgIpc) is 3.33. The van der Waals surface area contributed by atoms with Gasteiger partial charge in [-0.15, -0.1) is 0 Å². The number of rotatable bonds is 12. The van der Waals surface area contributed by atoms with Crippen LogP contribution in [0.1, 0.15) is 33.4 Å². The zero-order valence-corrected chi connectivity index (χ0v) is 47.1. The summed E-state index contributed by atoms with van der Waals surface area (Å²) >= 11 is 55.0. The summed E-state index contributed by atoms with van der Waals surface area (Å²) in [6.07, 6.45) is 0. The summed E-state index contributed by atoms with van der Waals surface area (Å²) in [6.45, 7) is 2.85. The molecule has 6 rings (SSSR count). The third-order valence-corrected chi connectivity index (χ3v) is 8.61. The first-order chi connectivity index (χ1) is 31.7. The summed E-state index contributed by atoms with van der Waals surface area (Å²) in [4.78, 5) is 0. The molecule has 67 heavy (non-hydrogen) atoms. The van der Waals surface area contributed by atoms with Crippen LogP contribution in [0.4, 0.5) is 0 Å². The maximum atomic E-state index is 4.97. The Balaban J connectivity index is 0.000000778. The maximum absolute atomic E-state index is 4.97. The van der Waals surface area contributed by atoms with Crippen LogP contribution in [0.15, 0.2) is 182 Å². The molecule has 0 fully saturated rings. The smallest absolute Gasteiger partial charge is 0.509 e. The Bertz CT molecular complexity index is 1820. The Morgan fingerprint density at radius 1 is 0.239 bits per heavy atom. The summed E-state index contributed by atoms with van der Waals surface area (Å²) in [5, 5.41) is 0. The molecule has 0 aliphatic heterocycles. The van der Waals surface area contributed by atoms with Crippen LogP contribution < -0.4 is 0 Å². The van der Waals surface area contributed by atoms with Crippen LogP contribution in [0, 0.1) is 0 Å². The van der Waals surface area contributed by atoms with E-state index >= 15 is 0 Å². The molecule has 6 nitrogen and oxygen atoms in total. The molecule has 0 aliphatic carbocycles. The molecule has 0 amide bonds. The zero-order valence-electron chi connectivity index (χ0n) is 35.3. The molecule has 0 heterocycles. The molecule has 0 N–H and O–H groups in total. The third kappa shape index (κ3) is 41.4. The van der Waals surface area contributed by atoms with E-state index in [-0.39, 0.29) is 47.4 Å². The van der Waals surface area contributed by atoms with Crippen molar-refractivity contribution < 1.29 is 49.5 Å². The van der Waals surface area contributed by atoms with Crippen molar-refractivity contribution in [1.82, 2.24) is 0 Å². The Morgan fingerprint density at radius 2 is 0.343 bits per heavy atom. The second-order valence-electron chi connectivity index (χ2n) is 12.1. The minimum atomic E-state index is 0. The van der Waals surface area contributed by atoms with Gasteiger partial charge in [-0.1, -0.05) is 182 Å². The van der Waals surface area contributed by atoms with E-state index in [0.717, 1.165) is 33.4 Å². The summed E-state index contributed by atoms with van der Waals surface area (Å²) in [6, 6.07) is 58.7. The molecule has 0 bridgehead atoms. The van der Waals surface area contributed by atoms with Crippen LogP contribution in [0.2, 0.25) is 0 Å². The van der Waals surface area contributed by atoms with E-state index in [1.807, 2.05) is 182 Å². The zero-order chi connectivity index (χ0) is 48.6. The van der Waals surface area contributed by atoms with Gasteiger partial charge in [0.15, 0.2) is 0 Å². The topological polar surface area (TPSA) is 55.4 Å². The summed E-state index contributed by atoms with van der Waals surface area (Å²) in [7, 11) is 0. The van der Waals surface area contributed by atoms with Gasteiger partial charge in [0.1, 0.15) is 39.6 Å². The van der Waals surface area contributed by atoms with Crippen LogP contribution in [-0.4, -0.2) is 26.3 Å². The van der Waals surface area contributed by atoms with Gasteiger partial charge in [-0.3, -0.25) is 0 Å². The molecular weight excluding hydrogens is 1150 g/mol. The fraction of sp³-hybridized carbons (Fsp3) is 0.125. The van der Waals surface area contributed by atoms with Gasteiger partial charge < -0.3 is 178 Å². The average molecular weight is 1200 g/mol. The Hall–Kier alpha value is -3.33. The molecule has 19 heteroatoms. The molecule has 0 saturated carbocycles. The van der Waals surface area contributed by atoms with Crippen molar-refractivity contribution in [2.24, 2.45) is 0 Å². The standard InChI is InChI=1S/6C8H8OS2.Mo/c6*10-8(11)9-6-7-4-2-1-3-5-7;/h6*1-5H,6H2,(H,10,11);/q;;;;;;+6/p-6. The predicted molar refractivity (Wildman–Crippen MR) is 307 cm³/mol. The Labute approximate surface area is 474 Å². The van der Waals surface area contributed by atoms with Crippen molar-refractivity contribution in [2.45, 2.75) is 39.6 Å². The monoisotopic (exact) mass is 1200 g/mol. The van der Waals surface area contributed by atoms with Gasteiger partial charge in [-0.05, 0) is 33.4 Å². The number of ether oxygens (including phenoxy) is 6. The number of benzene rings is 6. The third-order valence-electron chi connectivity index (χ3n) is 7.20. The van der Waals surface area contributed by atoms with Crippen LogP contribution >= 0.6 is 73.3 Å². The quantitative estimate of drug-likeness (QED) is 0.0663. The van der Waals surface area contributed by atoms with Crippen LogP contribution in [0.5, 0.6) is 0 Å². The molecule has 0 saturated heterocycles. The van der Waals surface area contributed by atoms with Crippen molar-refractivity contribution >= 4 is 175 Å². The van der Waals surface area contributed by atoms with Gasteiger partial charge in [-0.25, -0.2) is 0 Å². The fourth-order valence-corrected chi connectivity index (χ4v) is 5.01. The van der Waals surface area contributed by atoms with E-state index in [4.69, 9.17) is 28.4 Å². The first-order valence-corrected chi connectivity index (χ1v) is 23.9. The van der Waals surface area contributed by atoms with Crippen LogP contribution in [0.3, 0.4) is 0 Å².